The first kappa shape index (κ1) is 13.0. The zero-order valence-electron chi connectivity index (χ0n) is 12.9. The van der Waals surface area contributed by atoms with Crippen LogP contribution in [0.1, 0.15) is 16.7 Å². The molecule has 0 aliphatic rings. The van der Waals surface area contributed by atoms with Crippen LogP contribution in [0.2, 0.25) is 0 Å². The van der Waals surface area contributed by atoms with Gasteiger partial charge in [0.15, 0.2) is 5.82 Å². The van der Waals surface area contributed by atoms with Crippen molar-refractivity contribution in [3.8, 4) is 11.4 Å². The Kier molecular flexibility index (Phi) is 2.76. The number of aryl methyl sites for hydroxylation is 3. The van der Waals surface area contributed by atoms with E-state index < -0.39 is 0 Å². The second kappa shape index (κ2) is 4.67. The molecule has 4 aromatic rings. The molecule has 0 bridgehead atoms. The molecule has 0 aliphatic heterocycles. The first-order chi connectivity index (χ1) is 10.6. The van der Waals surface area contributed by atoms with Crippen LogP contribution in [0.3, 0.4) is 0 Å². The lowest BCUT2D eigenvalue weighted by Gasteiger charge is -2.09. The summed E-state index contributed by atoms with van der Waals surface area (Å²) in [6.07, 6.45) is 1.93. The second-order valence-electron chi connectivity index (χ2n) is 5.90. The molecule has 0 saturated carbocycles. The van der Waals surface area contributed by atoms with Crippen molar-refractivity contribution in [2.75, 3.05) is 0 Å². The van der Waals surface area contributed by atoms with Crippen LogP contribution in [0, 0.1) is 20.8 Å². The summed E-state index contributed by atoms with van der Waals surface area (Å²) in [6, 6.07) is 12.6. The fourth-order valence-corrected chi connectivity index (χ4v) is 3.28. The van der Waals surface area contributed by atoms with E-state index in [2.05, 4.69) is 55.0 Å². The highest BCUT2D eigenvalue weighted by Crippen LogP contribution is 2.29. The Morgan fingerprint density at radius 2 is 1.64 bits per heavy atom. The third kappa shape index (κ3) is 1.90. The summed E-state index contributed by atoms with van der Waals surface area (Å²) in [5.41, 5.74) is 6.82. The number of hydrogen-bond acceptors (Lipinski definition) is 2. The molecule has 0 unspecified atom stereocenters. The Morgan fingerprint density at radius 1 is 0.909 bits per heavy atom. The molecule has 0 radical (unpaired) electrons. The van der Waals surface area contributed by atoms with E-state index in [1.54, 1.807) is 0 Å². The monoisotopic (exact) mass is 287 g/mol. The van der Waals surface area contributed by atoms with E-state index >= 15 is 0 Å². The fourth-order valence-electron chi connectivity index (χ4n) is 3.28. The number of aromatic amines is 1. The largest absolute Gasteiger partial charge is 0.339 e. The number of hydrogen-bond donors (Lipinski definition) is 1. The zero-order valence-corrected chi connectivity index (χ0v) is 12.9. The third-order valence-corrected chi connectivity index (χ3v) is 4.16. The normalized spacial score (nSPS) is 11.4. The van der Waals surface area contributed by atoms with E-state index in [1.165, 1.54) is 22.1 Å². The molecule has 3 nitrogen and oxygen atoms in total. The predicted molar refractivity (Wildman–Crippen MR) is 91.0 cm³/mol. The van der Waals surface area contributed by atoms with Gasteiger partial charge in [0.25, 0.3) is 0 Å². The van der Waals surface area contributed by atoms with Gasteiger partial charge in [0, 0.05) is 28.0 Å². The van der Waals surface area contributed by atoms with Crippen molar-refractivity contribution >= 4 is 21.9 Å². The summed E-state index contributed by atoms with van der Waals surface area (Å²) in [7, 11) is 0. The Balaban J connectivity index is 1.99. The van der Waals surface area contributed by atoms with Crippen molar-refractivity contribution < 1.29 is 0 Å². The van der Waals surface area contributed by atoms with Gasteiger partial charge >= 0.3 is 0 Å². The van der Waals surface area contributed by atoms with Crippen molar-refractivity contribution in [3.63, 3.8) is 0 Å². The molecule has 2 aromatic heterocycles. The second-order valence-corrected chi connectivity index (χ2v) is 5.90. The first-order valence-electron chi connectivity index (χ1n) is 7.45. The lowest BCUT2D eigenvalue weighted by atomic mass is 9.99. The van der Waals surface area contributed by atoms with E-state index in [4.69, 9.17) is 4.98 Å². The van der Waals surface area contributed by atoms with Gasteiger partial charge < -0.3 is 4.98 Å². The van der Waals surface area contributed by atoms with Crippen molar-refractivity contribution in [1.29, 1.82) is 0 Å². The van der Waals surface area contributed by atoms with Crippen LogP contribution in [-0.4, -0.2) is 15.0 Å². The molecule has 0 fully saturated rings. The van der Waals surface area contributed by atoms with E-state index in [-0.39, 0.29) is 0 Å². The number of nitrogens with zero attached hydrogens (tertiary/aromatic N) is 2. The molecule has 2 aromatic carbocycles. The number of H-pyrrole nitrogens is 1. The molecular formula is C19H17N3. The highest BCUT2D eigenvalue weighted by molar-refractivity contribution is 6.05. The quantitative estimate of drug-likeness (QED) is 0.551. The van der Waals surface area contributed by atoms with Gasteiger partial charge in [0.1, 0.15) is 5.65 Å². The van der Waals surface area contributed by atoms with Gasteiger partial charge in [0.05, 0.1) is 0 Å². The van der Waals surface area contributed by atoms with Crippen molar-refractivity contribution in [2.24, 2.45) is 0 Å². The Bertz CT molecular complexity index is 989. The van der Waals surface area contributed by atoms with Crippen molar-refractivity contribution in [3.05, 3.63) is 59.3 Å². The molecule has 2 heterocycles. The molecule has 4 rings (SSSR count). The SMILES string of the molecule is Cc1cc(C)c(-c2ncc3c(n2)[nH]c2ccccc23)c(C)c1. The van der Waals surface area contributed by atoms with Crippen molar-refractivity contribution in [2.45, 2.75) is 20.8 Å². The Hall–Kier alpha value is -2.68. The molecule has 0 amide bonds. The minimum Gasteiger partial charge on any atom is -0.339 e. The predicted octanol–water partition coefficient (Wildman–Crippen LogP) is 4.70. The minimum atomic E-state index is 0.786. The van der Waals surface area contributed by atoms with Crippen molar-refractivity contribution in [1.82, 2.24) is 15.0 Å². The molecule has 108 valence electrons. The van der Waals surface area contributed by atoms with Gasteiger partial charge in [-0.05, 0) is 38.0 Å². The fraction of sp³-hybridized carbons (Fsp3) is 0.158. The molecule has 0 aliphatic carbocycles. The standard InChI is InChI=1S/C19H17N3/c1-11-8-12(2)17(13(3)9-11)19-20-10-15-14-6-4-5-7-16(14)21-18(15)22-19/h4-10H,1-3H3,(H,20,21,22). The molecule has 3 heteroatoms. The van der Waals surface area contributed by atoms with Gasteiger partial charge in [0.2, 0.25) is 0 Å². The van der Waals surface area contributed by atoms with Crippen LogP contribution in [0.15, 0.2) is 42.6 Å². The number of fused-ring (bicyclic) bond motifs is 3. The molecule has 1 N–H and O–H groups in total. The summed E-state index contributed by atoms with van der Waals surface area (Å²) in [5, 5.41) is 2.24. The van der Waals surface area contributed by atoms with Crippen LogP contribution in [0.5, 0.6) is 0 Å². The van der Waals surface area contributed by atoms with Crippen LogP contribution in [-0.2, 0) is 0 Å². The lowest BCUT2D eigenvalue weighted by molar-refractivity contribution is 1.18. The lowest BCUT2D eigenvalue weighted by Crippen LogP contribution is -1.95. The van der Waals surface area contributed by atoms with E-state index in [9.17, 15) is 0 Å². The number of rotatable bonds is 1. The molecule has 0 atom stereocenters. The van der Waals surface area contributed by atoms with E-state index in [0.717, 1.165) is 27.9 Å². The van der Waals surface area contributed by atoms with Gasteiger partial charge in [-0.15, -0.1) is 0 Å². The molecular weight excluding hydrogens is 270 g/mol. The summed E-state index contributed by atoms with van der Waals surface area (Å²) < 4.78 is 0. The van der Waals surface area contributed by atoms with E-state index in [1.807, 2.05) is 18.3 Å². The highest BCUT2D eigenvalue weighted by Gasteiger charge is 2.12. The first-order valence-corrected chi connectivity index (χ1v) is 7.45. The van der Waals surface area contributed by atoms with Gasteiger partial charge in [-0.25, -0.2) is 9.97 Å². The number of aromatic nitrogens is 3. The Morgan fingerprint density at radius 3 is 2.41 bits per heavy atom. The number of para-hydroxylation sites is 1. The summed E-state index contributed by atoms with van der Waals surface area (Å²) in [6.45, 7) is 6.35. The zero-order chi connectivity index (χ0) is 15.3. The highest BCUT2D eigenvalue weighted by atomic mass is 14.9. The van der Waals surface area contributed by atoms with Gasteiger partial charge in [-0.1, -0.05) is 35.9 Å². The summed E-state index contributed by atoms with van der Waals surface area (Å²) >= 11 is 0. The van der Waals surface area contributed by atoms with E-state index in [0.29, 0.717) is 0 Å². The maximum atomic E-state index is 4.77. The minimum absolute atomic E-state index is 0.786. The summed E-state index contributed by atoms with van der Waals surface area (Å²) in [5.74, 6) is 0.786. The average molecular weight is 287 g/mol. The van der Waals surface area contributed by atoms with Crippen LogP contribution >= 0.6 is 0 Å². The summed E-state index contributed by atoms with van der Waals surface area (Å²) in [4.78, 5) is 12.8. The molecule has 22 heavy (non-hydrogen) atoms. The number of benzene rings is 2. The number of nitrogens with one attached hydrogen (secondary N) is 1. The van der Waals surface area contributed by atoms with Gasteiger partial charge in [-0.2, -0.15) is 0 Å². The molecule has 0 spiro atoms. The smallest absolute Gasteiger partial charge is 0.162 e. The van der Waals surface area contributed by atoms with Gasteiger partial charge in [-0.3, -0.25) is 0 Å². The topological polar surface area (TPSA) is 41.6 Å². The van der Waals surface area contributed by atoms with Crippen LogP contribution in [0.4, 0.5) is 0 Å². The Labute approximate surface area is 129 Å². The van der Waals surface area contributed by atoms with Crippen LogP contribution in [0.25, 0.3) is 33.3 Å². The van der Waals surface area contributed by atoms with Crippen LogP contribution < -0.4 is 0 Å². The maximum Gasteiger partial charge on any atom is 0.162 e. The maximum absolute atomic E-state index is 4.77. The average Bonchev–Trinajstić information content (AvgIpc) is 2.84. The third-order valence-electron chi connectivity index (χ3n) is 4.16. The molecule has 0 saturated heterocycles.